The average Bonchev–Trinajstić information content (AvgIpc) is 3.43. The Morgan fingerprint density at radius 2 is 1.39 bits per heavy atom. The number of fused-ring (bicyclic) bond motifs is 2. The monoisotopic (exact) mass is 1120 g/mol. The fraction of sp³-hybridized carbons (Fsp3) is 0.375. The molecule has 2 aliphatic rings. The van der Waals surface area contributed by atoms with E-state index in [4.69, 9.17) is 41.6 Å². The number of allylic oxidation sites excluding steroid dienone is 2. The Labute approximate surface area is 470 Å². The molecule has 430 valence electrons. The summed E-state index contributed by atoms with van der Waals surface area (Å²) in [5.74, 6) is -2.83. The molecule has 2 fully saturated rings. The van der Waals surface area contributed by atoms with Crippen molar-refractivity contribution in [3.8, 4) is 5.75 Å². The van der Waals surface area contributed by atoms with Crippen LogP contribution in [-0.2, 0) is 51.8 Å². The van der Waals surface area contributed by atoms with Gasteiger partial charge < -0.3 is 50.7 Å². The molecule has 1 unspecified atom stereocenters. The molecule has 0 bridgehead atoms. The van der Waals surface area contributed by atoms with Gasteiger partial charge in [0, 0.05) is 63.5 Å². The Hall–Kier alpha value is -9.27. The van der Waals surface area contributed by atoms with Crippen LogP contribution in [0.5, 0.6) is 5.75 Å². The van der Waals surface area contributed by atoms with Crippen LogP contribution in [0.25, 0.3) is 22.1 Å². The molecule has 9 rings (SSSR count). The van der Waals surface area contributed by atoms with Crippen LogP contribution in [0.1, 0.15) is 91.4 Å². The van der Waals surface area contributed by atoms with Crippen molar-refractivity contribution in [1.29, 1.82) is 0 Å². The maximum Gasteiger partial charge on any atom is 0.320 e. The largest absolute Gasteiger partial charge is 0.491 e. The number of primary amides is 2. The second-order valence-corrected chi connectivity index (χ2v) is 20.3. The number of aryl methyl sites for hydroxylation is 4. The zero-order valence-corrected chi connectivity index (χ0v) is 46.3. The van der Waals surface area contributed by atoms with Crippen LogP contribution in [0.15, 0.2) is 84.0 Å². The smallest absolute Gasteiger partial charge is 0.320 e. The molecule has 0 saturated carbocycles. The number of nitrogens with two attached hydrogens (primary N) is 3. The lowest BCUT2D eigenvalue weighted by molar-refractivity contribution is -0.190. The van der Waals surface area contributed by atoms with Crippen LogP contribution in [0.4, 0.5) is 11.9 Å². The van der Waals surface area contributed by atoms with E-state index in [2.05, 4.69) is 35.9 Å². The van der Waals surface area contributed by atoms with Crippen molar-refractivity contribution >= 4 is 75.2 Å². The van der Waals surface area contributed by atoms with E-state index in [-0.39, 0.29) is 61.7 Å². The summed E-state index contributed by atoms with van der Waals surface area (Å²) in [6, 6.07) is 17.5. The Kier molecular flexibility index (Phi) is 17.2. The Bertz CT molecular complexity index is 3640. The molecule has 26 heteroatoms. The highest BCUT2D eigenvalue weighted by atomic mass is 16.6. The van der Waals surface area contributed by atoms with Crippen molar-refractivity contribution in [2.24, 2.45) is 22.4 Å². The van der Waals surface area contributed by atoms with Gasteiger partial charge in [0.2, 0.25) is 23.7 Å². The van der Waals surface area contributed by atoms with Gasteiger partial charge in [-0.2, -0.15) is 10.2 Å². The van der Waals surface area contributed by atoms with Crippen molar-refractivity contribution < 1.29 is 48.2 Å². The molecule has 6 heterocycles. The van der Waals surface area contributed by atoms with Crippen LogP contribution in [0.3, 0.4) is 0 Å². The molecule has 5 amide bonds. The van der Waals surface area contributed by atoms with E-state index in [0.29, 0.717) is 115 Å². The normalized spacial score (nSPS) is 14.8. The van der Waals surface area contributed by atoms with E-state index < -0.39 is 41.2 Å². The van der Waals surface area contributed by atoms with E-state index >= 15 is 0 Å². The van der Waals surface area contributed by atoms with Crippen molar-refractivity contribution in [1.82, 2.24) is 48.5 Å². The minimum Gasteiger partial charge on any atom is -0.491 e. The number of benzene rings is 3. The molecular formula is C56H66N16O10. The van der Waals surface area contributed by atoms with Gasteiger partial charge in [-0.3, -0.25) is 53.7 Å². The summed E-state index contributed by atoms with van der Waals surface area (Å²) < 4.78 is 19.5. The first kappa shape index (κ1) is 57.4. The number of imidazole rings is 2. The van der Waals surface area contributed by atoms with Crippen molar-refractivity contribution in [3.63, 3.8) is 0 Å². The van der Waals surface area contributed by atoms with E-state index in [0.717, 1.165) is 11.1 Å². The number of rotatable bonds is 24. The van der Waals surface area contributed by atoms with Gasteiger partial charge in [-0.05, 0) is 101 Å². The first-order valence-corrected chi connectivity index (χ1v) is 26.8. The van der Waals surface area contributed by atoms with Gasteiger partial charge in [-0.1, -0.05) is 41.6 Å². The molecule has 3 aromatic carbocycles. The number of morpholine rings is 1. The van der Waals surface area contributed by atoms with Crippen LogP contribution >= 0.6 is 0 Å². The van der Waals surface area contributed by atoms with Gasteiger partial charge in [0.05, 0.1) is 53.4 Å². The third-order valence-corrected chi connectivity index (χ3v) is 14.2. The highest BCUT2D eigenvalue weighted by Crippen LogP contribution is 2.33. The Morgan fingerprint density at radius 3 is 2.01 bits per heavy atom. The van der Waals surface area contributed by atoms with Crippen molar-refractivity contribution in [2.75, 3.05) is 63.2 Å². The van der Waals surface area contributed by atoms with E-state index in [1.165, 1.54) is 0 Å². The Balaban J connectivity index is 0.880. The average molecular weight is 1120 g/mol. The van der Waals surface area contributed by atoms with Gasteiger partial charge in [-0.15, -0.1) is 0 Å². The number of ether oxygens (including phenoxy) is 2. The first-order chi connectivity index (χ1) is 39.3. The molecule has 7 aromatic rings. The third kappa shape index (κ3) is 12.8. The number of hydrogen-bond donors (Lipinski definition) is 6. The molecule has 2 saturated heterocycles. The van der Waals surface area contributed by atoms with Crippen molar-refractivity contribution in [3.05, 3.63) is 124 Å². The summed E-state index contributed by atoms with van der Waals surface area (Å²) in [5.41, 5.74) is 22.9. The lowest BCUT2D eigenvalue weighted by atomic mass is 9.91. The topological polar surface area (TPSA) is 343 Å². The summed E-state index contributed by atoms with van der Waals surface area (Å²) in [6.45, 7) is 13.3. The summed E-state index contributed by atoms with van der Waals surface area (Å²) in [6.07, 6.45) is 4.47. The second-order valence-electron chi connectivity index (χ2n) is 20.3. The SMILES string of the molecule is CCn1nc(C)cc1C(=O)Nc1nc2cc(C(N)=O)ccc2n1C/C=C/Cn1c(NC(=O)c2cc(C)nn2CC)nc2cc(C(N)=O)cc(OCCCN3CC4(C3)CN(C(=O)CON=C(C)c3ccc(CC(N)C(=O)O)cc3)CCO4)c21. The molecule has 1 spiro atoms. The van der Waals surface area contributed by atoms with Crippen LogP contribution in [-0.4, -0.2) is 159 Å². The quantitative estimate of drug-likeness (QED) is 0.0218. The standard InChI is InChI=1S/C56H66N16O10/c1-6-71-44(23-33(3)64-71)51(76)62-54-60-41-26-38(49(58)74)15-16-43(41)69(54)18-8-9-19-70-48-42(61-55(70)63-52(77)45-24-34(4)65-72(45)7-2)27-39(50(59)75)28-46(48)80-21-10-17-67-30-56(31-67)32-68(20-22-81-56)47(73)29-82-66-35(5)37-13-11-36(12-14-37)25-40(57)53(78)79/h8-9,11-16,23-24,26-28,40H,6-7,10,17-22,25,29-32,57H2,1-5H3,(H2,58,74)(H2,59,75)(H,78,79)(H,60,62,76)(H,61,63,77)/b9-8+,66-35?. The van der Waals surface area contributed by atoms with Gasteiger partial charge in [0.15, 0.2) is 6.61 Å². The maximum atomic E-state index is 14.0. The third-order valence-electron chi connectivity index (χ3n) is 14.2. The molecule has 0 radical (unpaired) electrons. The number of carbonyl (C=O) groups is 6. The maximum absolute atomic E-state index is 14.0. The lowest BCUT2D eigenvalue weighted by Crippen LogP contribution is -2.70. The number of aliphatic carboxylic acids is 1. The number of carboxylic acids is 1. The molecule has 0 aliphatic carbocycles. The summed E-state index contributed by atoms with van der Waals surface area (Å²) in [7, 11) is 0. The Morgan fingerprint density at radius 1 is 0.793 bits per heavy atom. The van der Waals surface area contributed by atoms with Crippen LogP contribution < -0.4 is 32.6 Å². The fourth-order valence-electron chi connectivity index (χ4n) is 10.1. The van der Waals surface area contributed by atoms with Crippen molar-refractivity contribution in [2.45, 2.75) is 85.3 Å². The predicted molar refractivity (Wildman–Crippen MR) is 303 cm³/mol. The van der Waals surface area contributed by atoms with E-state index in [1.54, 1.807) is 111 Å². The van der Waals surface area contributed by atoms with Gasteiger partial charge in [0.1, 0.15) is 34.3 Å². The van der Waals surface area contributed by atoms with Crippen LogP contribution in [0.2, 0.25) is 0 Å². The summed E-state index contributed by atoms with van der Waals surface area (Å²) in [5, 5.41) is 28.0. The number of anilines is 2. The number of carbonyl (C=O) groups excluding carboxylic acids is 5. The van der Waals surface area contributed by atoms with Gasteiger partial charge >= 0.3 is 5.97 Å². The fourth-order valence-corrected chi connectivity index (χ4v) is 10.1. The molecule has 9 N–H and O–H groups in total. The number of nitrogens with one attached hydrogen (secondary N) is 2. The zero-order valence-electron chi connectivity index (χ0n) is 46.3. The molecule has 4 aromatic heterocycles. The highest BCUT2D eigenvalue weighted by Gasteiger charge is 2.47. The predicted octanol–water partition coefficient (Wildman–Crippen LogP) is 3.47. The number of amides is 5. The molecule has 26 nitrogen and oxygen atoms in total. The zero-order chi connectivity index (χ0) is 58.4. The number of aromatic nitrogens is 8. The van der Waals surface area contributed by atoms with E-state index in [9.17, 15) is 28.8 Å². The number of hydrogen-bond acceptors (Lipinski definition) is 16. The first-order valence-electron chi connectivity index (χ1n) is 26.8. The minimum atomic E-state index is -1.07. The highest BCUT2D eigenvalue weighted by molar-refractivity contribution is 6.05. The minimum absolute atomic E-state index is 0.136. The summed E-state index contributed by atoms with van der Waals surface area (Å²) >= 11 is 0. The molecular weight excluding hydrogens is 1060 g/mol. The van der Waals surface area contributed by atoms with E-state index in [1.807, 2.05) is 26.0 Å². The number of carboxylic acid groups (broad SMARTS) is 1. The summed E-state index contributed by atoms with van der Waals surface area (Å²) in [4.78, 5) is 95.9. The number of nitrogens with zero attached hydrogens (tertiary/aromatic N) is 11. The molecule has 1 atom stereocenters. The molecule has 2 aliphatic heterocycles. The number of oxime groups is 1. The van der Waals surface area contributed by atoms with Gasteiger partial charge in [-0.25, -0.2) is 9.97 Å². The van der Waals surface area contributed by atoms with Crippen LogP contribution in [0, 0.1) is 13.8 Å². The lowest BCUT2D eigenvalue weighted by Gasteiger charge is -2.53. The number of likely N-dealkylation sites (tertiary alicyclic amines) is 1. The molecule has 82 heavy (non-hydrogen) atoms. The van der Waals surface area contributed by atoms with Gasteiger partial charge in [0.25, 0.3) is 17.7 Å². The second kappa shape index (κ2) is 24.6.